The lowest BCUT2D eigenvalue weighted by atomic mass is 10.1. The topological polar surface area (TPSA) is 128 Å². The molecular weight excluding hydrogens is 254 g/mol. The predicted molar refractivity (Wildman–Crippen MR) is 64.3 cm³/mol. The van der Waals surface area contributed by atoms with Gasteiger partial charge in [-0.25, -0.2) is 4.79 Å². The molecule has 3 atom stereocenters. The second-order valence-electron chi connectivity index (χ2n) is 4.41. The Kier molecular flexibility index (Phi) is 3.82. The lowest BCUT2D eigenvalue weighted by molar-refractivity contribution is -0.142. The number of hydrogen-bond donors (Lipinski definition) is 3. The van der Waals surface area contributed by atoms with Gasteiger partial charge in [0.2, 0.25) is 0 Å². The van der Waals surface area contributed by atoms with Crippen LogP contribution in [0.5, 0.6) is 0 Å². The molecule has 1 aliphatic rings. The average molecular weight is 269 g/mol. The standard InChI is InChI=1S/C11H15N3O5/c12-8-3-4-14(11(18)13-8)9-2-1-7(19-9)6(15)5-10(16)17/h3-4,6-7,9,15H,1-2,5H2,(H,16,17)(H2,12,13,18)/t6?,7-,9+/m0/s1. The maximum Gasteiger partial charge on any atom is 0.351 e. The Morgan fingerprint density at radius 1 is 1.63 bits per heavy atom. The molecule has 0 aromatic carbocycles. The summed E-state index contributed by atoms with van der Waals surface area (Å²) in [6.45, 7) is 0. The molecule has 0 amide bonds. The highest BCUT2D eigenvalue weighted by atomic mass is 16.5. The predicted octanol–water partition coefficient (Wildman–Crippen LogP) is -0.661. The first-order chi connectivity index (χ1) is 8.97. The zero-order valence-electron chi connectivity index (χ0n) is 10.1. The fourth-order valence-corrected chi connectivity index (χ4v) is 2.09. The summed E-state index contributed by atoms with van der Waals surface area (Å²) in [5, 5.41) is 18.3. The highest BCUT2D eigenvalue weighted by Gasteiger charge is 2.33. The monoisotopic (exact) mass is 269 g/mol. The summed E-state index contributed by atoms with van der Waals surface area (Å²) in [6.07, 6.45) is -0.143. The maximum absolute atomic E-state index is 11.6. The van der Waals surface area contributed by atoms with Gasteiger partial charge in [0, 0.05) is 6.20 Å². The van der Waals surface area contributed by atoms with Crippen LogP contribution in [0.3, 0.4) is 0 Å². The van der Waals surface area contributed by atoms with Crippen LogP contribution < -0.4 is 11.4 Å². The molecule has 19 heavy (non-hydrogen) atoms. The normalized spacial score (nSPS) is 24.3. The fourth-order valence-electron chi connectivity index (χ4n) is 2.09. The van der Waals surface area contributed by atoms with E-state index >= 15 is 0 Å². The third-order valence-corrected chi connectivity index (χ3v) is 3.00. The summed E-state index contributed by atoms with van der Waals surface area (Å²) < 4.78 is 6.78. The van der Waals surface area contributed by atoms with Crippen molar-refractivity contribution >= 4 is 11.8 Å². The van der Waals surface area contributed by atoms with Gasteiger partial charge in [0.1, 0.15) is 12.0 Å². The van der Waals surface area contributed by atoms with E-state index in [2.05, 4.69) is 4.98 Å². The molecule has 1 aliphatic heterocycles. The number of nitrogens with two attached hydrogens (primary N) is 1. The van der Waals surface area contributed by atoms with Crippen LogP contribution in [0.2, 0.25) is 0 Å². The molecule has 0 spiro atoms. The lowest BCUT2D eigenvalue weighted by Crippen LogP contribution is -2.31. The van der Waals surface area contributed by atoms with Crippen molar-refractivity contribution in [2.24, 2.45) is 0 Å². The third kappa shape index (κ3) is 3.09. The van der Waals surface area contributed by atoms with E-state index < -0.39 is 30.1 Å². The fraction of sp³-hybridized carbons (Fsp3) is 0.545. The lowest BCUT2D eigenvalue weighted by Gasteiger charge is -2.18. The Bertz CT molecular complexity index is 529. The first-order valence-electron chi connectivity index (χ1n) is 5.87. The molecule has 1 aromatic rings. The molecule has 2 rings (SSSR count). The summed E-state index contributed by atoms with van der Waals surface area (Å²) in [5.41, 5.74) is 4.86. The number of carbonyl (C=O) groups is 1. The van der Waals surface area contributed by atoms with E-state index in [9.17, 15) is 14.7 Å². The van der Waals surface area contributed by atoms with E-state index in [0.717, 1.165) is 0 Å². The molecule has 2 heterocycles. The summed E-state index contributed by atoms with van der Waals surface area (Å²) >= 11 is 0. The van der Waals surface area contributed by atoms with Crippen molar-refractivity contribution in [2.75, 3.05) is 5.73 Å². The van der Waals surface area contributed by atoms with Crippen LogP contribution in [0.15, 0.2) is 17.1 Å². The number of ether oxygens (including phenoxy) is 1. The number of hydrogen-bond acceptors (Lipinski definition) is 6. The maximum atomic E-state index is 11.6. The number of carboxylic acids is 1. The van der Waals surface area contributed by atoms with Crippen molar-refractivity contribution in [3.63, 3.8) is 0 Å². The molecule has 0 aliphatic carbocycles. The van der Waals surface area contributed by atoms with Crippen LogP contribution in [-0.4, -0.2) is 37.9 Å². The summed E-state index contributed by atoms with van der Waals surface area (Å²) in [6, 6.07) is 1.48. The van der Waals surface area contributed by atoms with E-state index in [1.54, 1.807) is 0 Å². The highest BCUT2D eigenvalue weighted by Crippen LogP contribution is 2.29. The van der Waals surface area contributed by atoms with Gasteiger partial charge in [-0.1, -0.05) is 0 Å². The molecule has 8 nitrogen and oxygen atoms in total. The first kappa shape index (κ1) is 13.5. The zero-order valence-corrected chi connectivity index (χ0v) is 10.1. The minimum Gasteiger partial charge on any atom is -0.481 e. The van der Waals surface area contributed by atoms with Gasteiger partial charge in [0.05, 0.1) is 18.6 Å². The van der Waals surface area contributed by atoms with Gasteiger partial charge < -0.3 is 20.7 Å². The number of aliphatic hydroxyl groups excluding tert-OH is 1. The largest absolute Gasteiger partial charge is 0.481 e. The number of carboxylic acid groups (broad SMARTS) is 1. The molecule has 1 unspecified atom stereocenters. The highest BCUT2D eigenvalue weighted by molar-refractivity contribution is 5.67. The second-order valence-corrected chi connectivity index (χ2v) is 4.41. The van der Waals surface area contributed by atoms with Gasteiger partial charge in [-0.15, -0.1) is 0 Å². The zero-order chi connectivity index (χ0) is 14.0. The molecule has 0 radical (unpaired) electrons. The molecule has 8 heteroatoms. The molecule has 0 bridgehead atoms. The summed E-state index contributed by atoms with van der Waals surface area (Å²) in [4.78, 5) is 25.7. The molecule has 4 N–H and O–H groups in total. The molecule has 1 aromatic heterocycles. The Morgan fingerprint density at radius 3 is 3.00 bits per heavy atom. The molecule has 0 saturated carbocycles. The van der Waals surface area contributed by atoms with E-state index in [-0.39, 0.29) is 12.2 Å². The van der Waals surface area contributed by atoms with Crippen molar-refractivity contribution < 1.29 is 19.7 Å². The van der Waals surface area contributed by atoms with Crippen molar-refractivity contribution in [3.8, 4) is 0 Å². The van der Waals surface area contributed by atoms with Gasteiger partial charge in [-0.05, 0) is 18.9 Å². The van der Waals surface area contributed by atoms with Crippen LogP contribution in [0.25, 0.3) is 0 Å². The van der Waals surface area contributed by atoms with Gasteiger partial charge in [0.25, 0.3) is 0 Å². The minimum absolute atomic E-state index is 0.127. The number of aliphatic carboxylic acids is 1. The molecule has 104 valence electrons. The van der Waals surface area contributed by atoms with Gasteiger partial charge in [0.15, 0.2) is 0 Å². The van der Waals surface area contributed by atoms with E-state index in [0.29, 0.717) is 12.8 Å². The van der Waals surface area contributed by atoms with Gasteiger partial charge >= 0.3 is 11.7 Å². The van der Waals surface area contributed by atoms with Crippen molar-refractivity contribution in [2.45, 2.75) is 37.7 Å². The van der Waals surface area contributed by atoms with Crippen molar-refractivity contribution in [1.29, 1.82) is 0 Å². The number of aliphatic hydroxyl groups is 1. The van der Waals surface area contributed by atoms with Crippen LogP contribution in [0, 0.1) is 0 Å². The van der Waals surface area contributed by atoms with Gasteiger partial charge in [-0.3, -0.25) is 9.36 Å². The SMILES string of the molecule is Nc1ccn([C@H]2CC[C@@H](C(O)CC(=O)O)O2)c(=O)n1. The van der Waals surface area contributed by atoms with Crippen LogP contribution >= 0.6 is 0 Å². The van der Waals surface area contributed by atoms with E-state index in [4.69, 9.17) is 15.6 Å². The van der Waals surface area contributed by atoms with E-state index in [1.165, 1.54) is 16.8 Å². The second kappa shape index (κ2) is 5.37. The van der Waals surface area contributed by atoms with Crippen LogP contribution in [-0.2, 0) is 9.53 Å². The molecule has 1 saturated heterocycles. The Balaban J connectivity index is 2.05. The van der Waals surface area contributed by atoms with Crippen molar-refractivity contribution in [3.05, 3.63) is 22.7 Å². The van der Waals surface area contributed by atoms with E-state index in [1.807, 2.05) is 0 Å². The smallest absolute Gasteiger partial charge is 0.351 e. The quantitative estimate of drug-likeness (QED) is 0.661. The van der Waals surface area contributed by atoms with Gasteiger partial charge in [-0.2, -0.15) is 4.98 Å². The Morgan fingerprint density at radius 2 is 2.37 bits per heavy atom. The van der Waals surface area contributed by atoms with Crippen LogP contribution in [0.4, 0.5) is 5.82 Å². The number of aromatic nitrogens is 2. The number of nitrogens with zero attached hydrogens (tertiary/aromatic N) is 2. The molecular formula is C11H15N3O5. The Labute approximate surface area is 108 Å². The number of rotatable bonds is 4. The third-order valence-electron chi connectivity index (χ3n) is 3.00. The van der Waals surface area contributed by atoms with Crippen molar-refractivity contribution in [1.82, 2.24) is 9.55 Å². The summed E-state index contributed by atoms with van der Waals surface area (Å²) in [5.74, 6) is -0.965. The Hall–Kier alpha value is -1.93. The summed E-state index contributed by atoms with van der Waals surface area (Å²) in [7, 11) is 0. The molecule has 1 fully saturated rings. The minimum atomic E-state index is -1.09. The average Bonchev–Trinajstić information content (AvgIpc) is 2.77. The number of nitrogen functional groups attached to an aromatic ring is 1. The van der Waals surface area contributed by atoms with Crippen LogP contribution in [0.1, 0.15) is 25.5 Å². The first-order valence-corrected chi connectivity index (χ1v) is 5.87. The number of anilines is 1.